The van der Waals surface area contributed by atoms with E-state index >= 15 is 0 Å². The van der Waals surface area contributed by atoms with E-state index in [1.165, 1.54) is 12.1 Å². The fourth-order valence-electron chi connectivity index (χ4n) is 0.994. The number of hydrogen-bond donors (Lipinski definition) is 2. The zero-order valence-corrected chi connectivity index (χ0v) is 8.02. The van der Waals surface area contributed by atoms with Crippen molar-refractivity contribution in [2.45, 2.75) is 0 Å². The first-order valence-electron chi connectivity index (χ1n) is 6.83. The van der Waals surface area contributed by atoms with Crippen LogP contribution < -0.4 is 0 Å². The van der Waals surface area contributed by atoms with Crippen LogP contribution in [0.15, 0.2) is 58.6 Å². The summed E-state index contributed by atoms with van der Waals surface area (Å²) >= 11 is 0. The van der Waals surface area contributed by atoms with Gasteiger partial charge < -0.3 is 10.2 Å². The predicted octanol–water partition coefficient (Wildman–Crippen LogP) is 3.51. The molecular formula is C12H10N2O2. The molecule has 16 heavy (non-hydrogen) atoms. The van der Waals surface area contributed by atoms with Crippen molar-refractivity contribution in [1.29, 1.82) is 0 Å². The Labute approximate surface area is 99.5 Å². The average Bonchev–Trinajstić information content (AvgIpc) is 2.45. The molecule has 0 unspecified atom stereocenters. The summed E-state index contributed by atoms with van der Waals surface area (Å²) in [5.74, 6) is -0.500. The molecule has 80 valence electrons. The van der Waals surface area contributed by atoms with Crippen molar-refractivity contribution in [3.63, 3.8) is 0 Å². The first-order valence-corrected chi connectivity index (χ1v) is 4.33. The van der Waals surface area contributed by atoms with Crippen LogP contribution in [0.1, 0.15) is 6.85 Å². The molecule has 0 saturated carbocycles. The van der Waals surface area contributed by atoms with E-state index in [4.69, 9.17) is 12.0 Å². The molecule has 0 fully saturated rings. The van der Waals surface area contributed by atoms with E-state index in [1.807, 2.05) is 0 Å². The van der Waals surface area contributed by atoms with Gasteiger partial charge in [0, 0.05) is 6.07 Å². The van der Waals surface area contributed by atoms with Crippen LogP contribution in [0.25, 0.3) is 0 Å². The molecule has 0 amide bonds. The third kappa shape index (κ3) is 2.36. The Morgan fingerprint density at radius 2 is 1.75 bits per heavy atom. The quantitative estimate of drug-likeness (QED) is 0.759. The molecule has 0 aromatic heterocycles. The number of phenolic OH excluding ortho intramolecular Hbond substituents is 2. The summed E-state index contributed by atoms with van der Waals surface area (Å²) in [6.07, 6.45) is 0. The van der Waals surface area contributed by atoms with E-state index < -0.39 is 30.2 Å². The van der Waals surface area contributed by atoms with Crippen molar-refractivity contribution in [1.82, 2.24) is 0 Å². The predicted molar refractivity (Wildman–Crippen MR) is 60.4 cm³/mol. The minimum atomic E-state index is -0.517. The van der Waals surface area contributed by atoms with E-state index in [-0.39, 0.29) is 22.9 Å². The van der Waals surface area contributed by atoms with Gasteiger partial charge in [-0.25, -0.2) is 0 Å². The number of azo groups is 1. The lowest BCUT2D eigenvalue weighted by molar-refractivity contribution is 0.451. The Morgan fingerprint density at radius 3 is 2.44 bits per heavy atom. The van der Waals surface area contributed by atoms with Gasteiger partial charge in [-0.3, -0.25) is 0 Å². The maximum atomic E-state index is 9.55. The van der Waals surface area contributed by atoms with Gasteiger partial charge in [0.25, 0.3) is 0 Å². The summed E-state index contributed by atoms with van der Waals surface area (Å²) in [5.41, 5.74) is -0.326. The van der Waals surface area contributed by atoms with Crippen LogP contribution >= 0.6 is 0 Å². The normalized spacial score (nSPS) is 15.1. The summed E-state index contributed by atoms with van der Waals surface area (Å²) in [6.45, 7) is 0. The maximum absolute atomic E-state index is 9.55. The molecule has 0 bridgehead atoms. The molecule has 0 aliphatic rings. The van der Waals surface area contributed by atoms with E-state index in [0.717, 1.165) is 6.07 Å². The summed E-state index contributed by atoms with van der Waals surface area (Å²) in [6, 6.07) is 1.10. The smallest absolute Gasteiger partial charge is 0.146 e. The van der Waals surface area contributed by atoms with Crippen molar-refractivity contribution < 1.29 is 17.1 Å². The standard InChI is InChI=1S/C12H10N2O2/c15-10-6-7-11(12(16)8-10)14-13-9-4-2-1-3-5-9/h1-8,15-16H/i1D,2D,3D,4D,5D. The SMILES string of the molecule is [2H]c1c([2H])c([2H])c(N=Nc2ccc(O)cc2O)c([2H])c1[2H]. The third-order valence-electron chi connectivity index (χ3n) is 1.70. The van der Waals surface area contributed by atoms with Crippen LogP contribution in [0.2, 0.25) is 0 Å². The Kier molecular flexibility index (Phi) is 1.57. The minimum absolute atomic E-state index is 0.000360. The van der Waals surface area contributed by atoms with E-state index in [2.05, 4.69) is 10.2 Å². The monoisotopic (exact) mass is 219 g/mol. The number of benzene rings is 2. The van der Waals surface area contributed by atoms with E-state index in [9.17, 15) is 5.11 Å². The van der Waals surface area contributed by atoms with Gasteiger partial charge in [0.1, 0.15) is 17.2 Å². The highest BCUT2D eigenvalue weighted by Gasteiger charge is 2.00. The number of phenols is 2. The van der Waals surface area contributed by atoms with Gasteiger partial charge in [-0.05, 0) is 24.2 Å². The van der Waals surface area contributed by atoms with Gasteiger partial charge in [-0.1, -0.05) is 18.1 Å². The second kappa shape index (κ2) is 4.44. The molecule has 2 N–H and O–H groups in total. The lowest BCUT2D eigenvalue weighted by atomic mass is 10.3. The fraction of sp³-hybridized carbons (Fsp3) is 0. The Bertz CT molecular complexity index is 720. The molecule has 0 radical (unpaired) electrons. The highest BCUT2D eigenvalue weighted by Crippen LogP contribution is 2.30. The first kappa shape index (κ1) is 5.65. The van der Waals surface area contributed by atoms with Gasteiger partial charge in [0.05, 0.1) is 12.5 Å². The second-order valence-electron chi connectivity index (χ2n) is 2.85. The van der Waals surface area contributed by atoms with Crippen LogP contribution in [-0.4, -0.2) is 10.2 Å². The Hall–Kier alpha value is -2.36. The lowest BCUT2D eigenvalue weighted by Crippen LogP contribution is -1.68. The van der Waals surface area contributed by atoms with E-state index in [0.29, 0.717) is 0 Å². The number of nitrogens with zero attached hydrogens (tertiary/aromatic N) is 2. The fourth-order valence-corrected chi connectivity index (χ4v) is 0.994. The summed E-state index contributed by atoms with van der Waals surface area (Å²) in [4.78, 5) is 0. The molecule has 0 aliphatic heterocycles. The molecule has 0 atom stereocenters. The largest absolute Gasteiger partial charge is 0.508 e. The van der Waals surface area contributed by atoms with Gasteiger partial charge in [-0.15, -0.1) is 5.11 Å². The van der Waals surface area contributed by atoms with Crippen LogP contribution in [0.4, 0.5) is 11.4 Å². The minimum Gasteiger partial charge on any atom is -0.508 e. The Morgan fingerprint density at radius 1 is 1.00 bits per heavy atom. The van der Waals surface area contributed by atoms with Crippen molar-refractivity contribution >= 4 is 11.4 Å². The van der Waals surface area contributed by atoms with Crippen molar-refractivity contribution in [2.24, 2.45) is 10.2 Å². The molecule has 0 saturated heterocycles. The molecule has 2 aromatic carbocycles. The zero-order chi connectivity index (χ0) is 15.7. The number of rotatable bonds is 2. The third-order valence-corrected chi connectivity index (χ3v) is 1.70. The van der Waals surface area contributed by atoms with Crippen LogP contribution in [0.5, 0.6) is 11.5 Å². The molecule has 0 spiro atoms. The van der Waals surface area contributed by atoms with Gasteiger partial charge in [0.15, 0.2) is 0 Å². The van der Waals surface area contributed by atoms with E-state index in [1.54, 1.807) is 0 Å². The maximum Gasteiger partial charge on any atom is 0.146 e. The van der Waals surface area contributed by atoms with Crippen molar-refractivity contribution in [3.8, 4) is 11.5 Å². The molecular weight excluding hydrogens is 204 g/mol. The van der Waals surface area contributed by atoms with Gasteiger partial charge in [0.2, 0.25) is 0 Å². The van der Waals surface area contributed by atoms with Crippen molar-refractivity contribution in [3.05, 3.63) is 48.4 Å². The highest BCUT2D eigenvalue weighted by atomic mass is 16.3. The first-order chi connectivity index (χ1) is 9.82. The molecule has 2 aromatic rings. The molecule has 4 heteroatoms. The highest BCUT2D eigenvalue weighted by molar-refractivity contribution is 5.53. The van der Waals surface area contributed by atoms with Gasteiger partial charge in [-0.2, -0.15) is 5.11 Å². The summed E-state index contributed by atoms with van der Waals surface area (Å²) < 4.78 is 37.8. The Balaban J connectivity index is 2.51. The molecule has 0 heterocycles. The molecule has 0 aliphatic carbocycles. The average molecular weight is 219 g/mol. The summed E-state index contributed by atoms with van der Waals surface area (Å²) in [7, 11) is 0. The topological polar surface area (TPSA) is 65.2 Å². The second-order valence-corrected chi connectivity index (χ2v) is 2.85. The summed E-state index contributed by atoms with van der Waals surface area (Å²) in [5, 5.41) is 26.0. The van der Waals surface area contributed by atoms with Crippen molar-refractivity contribution in [2.75, 3.05) is 0 Å². The molecule has 4 nitrogen and oxygen atoms in total. The van der Waals surface area contributed by atoms with Crippen LogP contribution in [-0.2, 0) is 0 Å². The number of aromatic hydroxyl groups is 2. The lowest BCUT2D eigenvalue weighted by Gasteiger charge is -1.97. The van der Waals surface area contributed by atoms with Crippen LogP contribution in [0, 0.1) is 0 Å². The molecule has 2 rings (SSSR count). The zero-order valence-electron chi connectivity index (χ0n) is 13.0. The number of hydrogen-bond acceptors (Lipinski definition) is 4. The van der Waals surface area contributed by atoms with Gasteiger partial charge >= 0.3 is 0 Å². The van der Waals surface area contributed by atoms with Crippen LogP contribution in [0.3, 0.4) is 0 Å².